The lowest BCUT2D eigenvalue weighted by Gasteiger charge is -2.19. The number of hydrogen-bond donors (Lipinski definition) is 2. The summed E-state index contributed by atoms with van der Waals surface area (Å²) in [5, 5.41) is 12.8. The standard InChI is InChI=1S/C27H30N2O6S/c1-34-24-9-6-10-25(35-2)26(24)20-13-11-19(12-14-20)17-23(27(30)31)28-21-7-5-8-22(18-21)36(32,33)29-15-3-4-16-29/h5-14,18,23,28H,3-4,15-17H2,1-2H3,(H,30,31). The third-order valence-electron chi connectivity index (χ3n) is 6.29. The SMILES string of the molecule is COc1cccc(OC)c1-c1ccc(CC(Nc2cccc(S(=O)(=O)N3CCCC3)c2)C(=O)O)cc1. The third-order valence-corrected chi connectivity index (χ3v) is 8.18. The van der Waals surface area contributed by atoms with Crippen LogP contribution in [-0.2, 0) is 21.2 Å². The number of rotatable bonds is 10. The van der Waals surface area contributed by atoms with Crippen LogP contribution in [0.4, 0.5) is 5.69 Å². The van der Waals surface area contributed by atoms with E-state index in [0.717, 1.165) is 29.5 Å². The molecule has 9 heteroatoms. The van der Waals surface area contributed by atoms with Crippen LogP contribution in [0.25, 0.3) is 11.1 Å². The van der Waals surface area contributed by atoms with Crippen molar-refractivity contribution in [3.05, 3.63) is 72.3 Å². The summed E-state index contributed by atoms with van der Waals surface area (Å²) in [4.78, 5) is 12.2. The molecule has 1 unspecified atom stereocenters. The van der Waals surface area contributed by atoms with E-state index >= 15 is 0 Å². The molecule has 4 rings (SSSR count). The van der Waals surface area contributed by atoms with Crippen molar-refractivity contribution in [2.45, 2.75) is 30.2 Å². The summed E-state index contributed by atoms with van der Waals surface area (Å²) in [5.41, 5.74) is 2.96. The highest BCUT2D eigenvalue weighted by Gasteiger charge is 2.27. The lowest BCUT2D eigenvalue weighted by atomic mass is 9.99. The second-order valence-corrected chi connectivity index (χ2v) is 10.6. The molecule has 0 aliphatic carbocycles. The number of carboxylic acid groups (broad SMARTS) is 1. The highest BCUT2D eigenvalue weighted by Crippen LogP contribution is 2.38. The van der Waals surface area contributed by atoms with Crippen LogP contribution in [0.2, 0.25) is 0 Å². The van der Waals surface area contributed by atoms with Crippen LogP contribution in [0, 0.1) is 0 Å². The van der Waals surface area contributed by atoms with Gasteiger partial charge in [0.15, 0.2) is 0 Å². The maximum Gasteiger partial charge on any atom is 0.326 e. The average molecular weight is 511 g/mol. The summed E-state index contributed by atoms with van der Waals surface area (Å²) < 4.78 is 38.2. The van der Waals surface area contributed by atoms with E-state index in [1.807, 2.05) is 42.5 Å². The number of benzene rings is 3. The predicted molar refractivity (Wildman–Crippen MR) is 138 cm³/mol. The first kappa shape index (κ1) is 25.5. The number of carboxylic acids is 1. The summed E-state index contributed by atoms with van der Waals surface area (Å²) in [6.45, 7) is 1.02. The van der Waals surface area contributed by atoms with E-state index in [1.165, 1.54) is 10.4 Å². The number of ether oxygens (including phenoxy) is 2. The van der Waals surface area contributed by atoms with Gasteiger partial charge in [-0.15, -0.1) is 0 Å². The van der Waals surface area contributed by atoms with E-state index in [4.69, 9.17) is 9.47 Å². The van der Waals surface area contributed by atoms with Gasteiger partial charge < -0.3 is 19.9 Å². The molecular formula is C27H30N2O6S. The van der Waals surface area contributed by atoms with E-state index < -0.39 is 22.0 Å². The molecule has 190 valence electrons. The minimum atomic E-state index is -3.59. The van der Waals surface area contributed by atoms with Gasteiger partial charge in [0, 0.05) is 25.2 Å². The van der Waals surface area contributed by atoms with Crippen LogP contribution in [0.3, 0.4) is 0 Å². The smallest absolute Gasteiger partial charge is 0.326 e. The van der Waals surface area contributed by atoms with Crippen molar-refractivity contribution in [2.24, 2.45) is 0 Å². The Morgan fingerprint density at radius 1 is 0.972 bits per heavy atom. The molecule has 1 fully saturated rings. The summed E-state index contributed by atoms with van der Waals surface area (Å²) in [6.07, 6.45) is 1.91. The minimum Gasteiger partial charge on any atom is -0.496 e. The molecule has 0 spiro atoms. The van der Waals surface area contributed by atoms with Crippen molar-refractivity contribution >= 4 is 21.7 Å². The Hall–Kier alpha value is -3.56. The highest BCUT2D eigenvalue weighted by molar-refractivity contribution is 7.89. The second-order valence-electron chi connectivity index (χ2n) is 8.61. The van der Waals surface area contributed by atoms with Crippen LogP contribution in [-0.4, -0.2) is 57.1 Å². The number of hydrogen-bond acceptors (Lipinski definition) is 6. The second kappa shape index (κ2) is 11.0. The van der Waals surface area contributed by atoms with E-state index in [0.29, 0.717) is 30.3 Å². The molecule has 0 amide bonds. The van der Waals surface area contributed by atoms with Gasteiger partial charge in [-0.3, -0.25) is 0 Å². The Morgan fingerprint density at radius 2 is 1.58 bits per heavy atom. The maximum atomic E-state index is 12.9. The van der Waals surface area contributed by atoms with Crippen LogP contribution < -0.4 is 14.8 Å². The van der Waals surface area contributed by atoms with Crippen molar-refractivity contribution in [2.75, 3.05) is 32.6 Å². The summed E-state index contributed by atoms with van der Waals surface area (Å²) >= 11 is 0. The zero-order chi connectivity index (χ0) is 25.7. The Morgan fingerprint density at radius 3 is 2.17 bits per heavy atom. The van der Waals surface area contributed by atoms with E-state index in [9.17, 15) is 18.3 Å². The number of anilines is 1. The normalized spacial score (nSPS) is 14.8. The molecule has 0 bridgehead atoms. The van der Waals surface area contributed by atoms with Crippen molar-refractivity contribution in [1.82, 2.24) is 4.31 Å². The van der Waals surface area contributed by atoms with E-state index in [-0.39, 0.29) is 11.3 Å². The van der Waals surface area contributed by atoms with E-state index in [2.05, 4.69) is 5.32 Å². The van der Waals surface area contributed by atoms with Crippen molar-refractivity contribution in [1.29, 1.82) is 0 Å². The maximum absolute atomic E-state index is 12.9. The summed E-state index contributed by atoms with van der Waals surface area (Å²) in [5.74, 6) is 0.324. The van der Waals surface area contributed by atoms with Crippen molar-refractivity contribution in [3.63, 3.8) is 0 Å². The molecule has 0 radical (unpaired) electrons. The predicted octanol–water partition coefficient (Wildman–Crippen LogP) is 4.26. The first-order valence-corrected chi connectivity index (χ1v) is 13.2. The molecule has 0 aromatic heterocycles. The molecule has 1 aliphatic heterocycles. The average Bonchev–Trinajstić information content (AvgIpc) is 3.44. The fourth-order valence-corrected chi connectivity index (χ4v) is 5.97. The fraction of sp³-hybridized carbons (Fsp3) is 0.296. The molecule has 1 saturated heterocycles. The van der Waals surface area contributed by atoms with Crippen molar-refractivity contribution < 1.29 is 27.8 Å². The molecule has 1 atom stereocenters. The van der Waals surface area contributed by atoms with Crippen molar-refractivity contribution in [3.8, 4) is 22.6 Å². The molecule has 0 saturated carbocycles. The third kappa shape index (κ3) is 5.47. The summed E-state index contributed by atoms with van der Waals surface area (Å²) in [6, 6.07) is 18.5. The number of nitrogens with zero attached hydrogens (tertiary/aromatic N) is 1. The molecule has 2 N–H and O–H groups in total. The Kier molecular flexibility index (Phi) is 7.81. The first-order valence-electron chi connectivity index (χ1n) is 11.7. The van der Waals surface area contributed by atoms with Crippen LogP contribution in [0.15, 0.2) is 71.6 Å². The van der Waals surface area contributed by atoms with Gasteiger partial charge in [0.05, 0.1) is 24.7 Å². The lowest BCUT2D eigenvalue weighted by Crippen LogP contribution is -2.32. The van der Waals surface area contributed by atoms with Crippen LogP contribution >= 0.6 is 0 Å². The number of nitrogens with one attached hydrogen (secondary N) is 1. The van der Waals surface area contributed by atoms with E-state index in [1.54, 1.807) is 32.4 Å². The topological polar surface area (TPSA) is 105 Å². The zero-order valence-electron chi connectivity index (χ0n) is 20.3. The van der Waals surface area contributed by atoms with Gasteiger partial charge in [0.2, 0.25) is 10.0 Å². The van der Waals surface area contributed by atoms with Gasteiger partial charge in [-0.2, -0.15) is 4.31 Å². The van der Waals surface area contributed by atoms with Gasteiger partial charge in [-0.1, -0.05) is 36.4 Å². The van der Waals surface area contributed by atoms with Gasteiger partial charge in [-0.05, 0) is 54.3 Å². The highest BCUT2D eigenvalue weighted by atomic mass is 32.2. The van der Waals surface area contributed by atoms with Gasteiger partial charge >= 0.3 is 5.97 Å². The van der Waals surface area contributed by atoms with Gasteiger partial charge in [-0.25, -0.2) is 13.2 Å². The molecule has 1 aliphatic rings. The largest absolute Gasteiger partial charge is 0.496 e. The summed E-state index contributed by atoms with van der Waals surface area (Å²) in [7, 11) is -0.397. The molecule has 36 heavy (non-hydrogen) atoms. The Balaban J connectivity index is 1.52. The van der Waals surface area contributed by atoms with Crippen LogP contribution in [0.5, 0.6) is 11.5 Å². The Bertz CT molecular complexity index is 1300. The number of methoxy groups -OCH3 is 2. The zero-order valence-corrected chi connectivity index (χ0v) is 21.1. The quantitative estimate of drug-likeness (QED) is 0.420. The number of sulfonamides is 1. The van der Waals surface area contributed by atoms with Crippen LogP contribution in [0.1, 0.15) is 18.4 Å². The Labute approximate surface area is 211 Å². The lowest BCUT2D eigenvalue weighted by molar-refractivity contribution is -0.137. The fourth-order valence-electron chi connectivity index (χ4n) is 4.40. The number of aliphatic carboxylic acids is 1. The van der Waals surface area contributed by atoms with Gasteiger partial charge in [0.25, 0.3) is 0 Å². The minimum absolute atomic E-state index is 0.161. The molecule has 1 heterocycles. The molecule has 8 nitrogen and oxygen atoms in total. The first-order chi connectivity index (χ1) is 17.3. The number of carbonyl (C=O) groups is 1. The molecular weight excluding hydrogens is 480 g/mol. The van der Waals surface area contributed by atoms with Gasteiger partial charge in [0.1, 0.15) is 17.5 Å². The molecule has 3 aromatic carbocycles. The molecule has 3 aromatic rings. The monoisotopic (exact) mass is 510 g/mol.